The number of aromatic amines is 1. The van der Waals surface area contributed by atoms with E-state index in [0.717, 1.165) is 19.5 Å². The predicted octanol–water partition coefficient (Wildman–Crippen LogP) is 0.244. The second kappa shape index (κ2) is 4.11. The van der Waals surface area contributed by atoms with E-state index in [4.69, 9.17) is 0 Å². The van der Waals surface area contributed by atoms with Crippen LogP contribution in [0.25, 0.3) is 0 Å². The Morgan fingerprint density at radius 3 is 3.14 bits per heavy atom. The molecule has 4 heteroatoms. The van der Waals surface area contributed by atoms with Crippen LogP contribution in [0.3, 0.4) is 0 Å². The third kappa shape index (κ3) is 2.13. The van der Waals surface area contributed by atoms with Gasteiger partial charge in [0.15, 0.2) is 0 Å². The number of hydrogen-bond acceptors (Lipinski definition) is 3. The van der Waals surface area contributed by atoms with Crippen LogP contribution in [0, 0.1) is 0 Å². The molecular formula is C10H18N4. The molecule has 0 saturated carbocycles. The number of piperazine rings is 1. The Morgan fingerprint density at radius 2 is 2.50 bits per heavy atom. The summed E-state index contributed by atoms with van der Waals surface area (Å²) < 4.78 is 0. The summed E-state index contributed by atoms with van der Waals surface area (Å²) in [6.07, 6.45) is 4.68. The van der Waals surface area contributed by atoms with Crippen molar-refractivity contribution < 1.29 is 0 Å². The summed E-state index contributed by atoms with van der Waals surface area (Å²) in [5.74, 6) is 0. The molecule has 2 heterocycles. The van der Waals surface area contributed by atoms with Gasteiger partial charge in [0.25, 0.3) is 0 Å². The Bertz CT molecular complexity index is 270. The molecule has 4 nitrogen and oxygen atoms in total. The molecule has 1 aliphatic heterocycles. The Balaban J connectivity index is 1.88. The van der Waals surface area contributed by atoms with Crippen molar-refractivity contribution >= 4 is 0 Å². The predicted molar refractivity (Wildman–Crippen MR) is 56.2 cm³/mol. The van der Waals surface area contributed by atoms with Crippen LogP contribution in [-0.4, -0.2) is 47.1 Å². The molecule has 1 fully saturated rings. The van der Waals surface area contributed by atoms with Crippen LogP contribution in [0.5, 0.6) is 0 Å². The number of H-pyrrole nitrogens is 1. The summed E-state index contributed by atoms with van der Waals surface area (Å²) in [4.78, 5) is 9.57. The monoisotopic (exact) mass is 194 g/mol. The topological polar surface area (TPSA) is 44.0 Å². The summed E-state index contributed by atoms with van der Waals surface area (Å²) in [5, 5.41) is 3.55. The minimum Gasteiger partial charge on any atom is -0.348 e. The first kappa shape index (κ1) is 9.68. The number of likely N-dealkylation sites (N-methyl/N-ethyl adjacent to an activating group) is 1. The van der Waals surface area contributed by atoms with E-state index in [1.54, 1.807) is 6.33 Å². The van der Waals surface area contributed by atoms with Crippen molar-refractivity contribution in [2.24, 2.45) is 0 Å². The molecule has 0 amide bonds. The van der Waals surface area contributed by atoms with Gasteiger partial charge in [-0.15, -0.1) is 0 Å². The standard InChI is InChI=1S/C10H18N4/c1-8-4-12-10(6-14(8)2)3-9-5-11-7-13-9/h5,7-8,10,12H,3-4,6H2,1-2H3,(H,11,13)/t8?,10-/m0/s1. The highest BCUT2D eigenvalue weighted by molar-refractivity contribution is 4.99. The van der Waals surface area contributed by atoms with Crippen molar-refractivity contribution in [1.82, 2.24) is 20.2 Å². The summed E-state index contributed by atoms with van der Waals surface area (Å²) in [6.45, 7) is 4.44. The van der Waals surface area contributed by atoms with Crippen molar-refractivity contribution in [3.63, 3.8) is 0 Å². The molecule has 2 atom stereocenters. The fourth-order valence-electron chi connectivity index (χ4n) is 1.88. The average Bonchev–Trinajstić information content (AvgIpc) is 2.64. The van der Waals surface area contributed by atoms with Crippen molar-refractivity contribution in [1.29, 1.82) is 0 Å². The molecule has 0 bridgehead atoms. The summed E-state index contributed by atoms with van der Waals surface area (Å²) in [6, 6.07) is 1.20. The number of aromatic nitrogens is 2. The van der Waals surface area contributed by atoms with Crippen LogP contribution in [-0.2, 0) is 6.42 Å². The smallest absolute Gasteiger partial charge is 0.0921 e. The fourth-order valence-corrected chi connectivity index (χ4v) is 1.88. The van der Waals surface area contributed by atoms with Gasteiger partial charge in [-0.2, -0.15) is 0 Å². The van der Waals surface area contributed by atoms with Gasteiger partial charge >= 0.3 is 0 Å². The van der Waals surface area contributed by atoms with Gasteiger partial charge < -0.3 is 15.2 Å². The highest BCUT2D eigenvalue weighted by atomic mass is 15.2. The zero-order valence-corrected chi connectivity index (χ0v) is 8.83. The van der Waals surface area contributed by atoms with Gasteiger partial charge in [-0.25, -0.2) is 4.98 Å². The number of hydrogen-bond donors (Lipinski definition) is 2. The molecular weight excluding hydrogens is 176 g/mol. The van der Waals surface area contributed by atoms with Gasteiger partial charge in [0, 0.05) is 43.5 Å². The fraction of sp³-hybridized carbons (Fsp3) is 0.700. The Kier molecular flexibility index (Phi) is 2.84. The number of rotatable bonds is 2. The number of nitrogens with zero attached hydrogens (tertiary/aromatic N) is 2. The first-order valence-corrected chi connectivity index (χ1v) is 5.16. The Labute approximate surface area is 84.7 Å². The minimum absolute atomic E-state index is 0.552. The van der Waals surface area contributed by atoms with Crippen LogP contribution < -0.4 is 5.32 Å². The number of nitrogens with one attached hydrogen (secondary N) is 2. The third-order valence-corrected chi connectivity index (χ3v) is 2.98. The normalized spacial score (nSPS) is 29.3. The minimum atomic E-state index is 0.552. The van der Waals surface area contributed by atoms with E-state index in [2.05, 4.69) is 34.2 Å². The molecule has 1 aromatic rings. The molecule has 0 aliphatic carbocycles. The lowest BCUT2D eigenvalue weighted by molar-refractivity contribution is 0.174. The van der Waals surface area contributed by atoms with E-state index >= 15 is 0 Å². The molecule has 0 aromatic carbocycles. The Morgan fingerprint density at radius 1 is 1.64 bits per heavy atom. The maximum atomic E-state index is 4.02. The molecule has 2 rings (SSSR count). The maximum absolute atomic E-state index is 4.02. The zero-order valence-electron chi connectivity index (χ0n) is 8.83. The lowest BCUT2D eigenvalue weighted by Crippen LogP contribution is -2.54. The summed E-state index contributed by atoms with van der Waals surface area (Å²) in [7, 11) is 2.19. The lowest BCUT2D eigenvalue weighted by Gasteiger charge is -2.36. The highest BCUT2D eigenvalue weighted by Crippen LogP contribution is 2.07. The van der Waals surface area contributed by atoms with E-state index in [1.807, 2.05) is 6.20 Å². The molecule has 14 heavy (non-hydrogen) atoms. The molecule has 78 valence electrons. The zero-order chi connectivity index (χ0) is 9.97. The van der Waals surface area contributed by atoms with Crippen LogP contribution in [0.2, 0.25) is 0 Å². The van der Waals surface area contributed by atoms with Crippen LogP contribution in [0.1, 0.15) is 12.6 Å². The first-order valence-electron chi connectivity index (χ1n) is 5.16. The van der Waals surface area contributed by atoms with E-state index in [0.29, 0.717) is 12.1 Å². The van der Waals surface area contributed by atoms with Gasteiger partial charge in [-0.05, 0) is 14.0 Å². The van der Waals surface area contributed by atoms with Crippen molar-refractivity contribution in [3.05, 3.63) is 18.2 Å². The van der Waals surface area contributed by atoms with Gasteiger partial charge in [0.2, 0.25) is 0 Å². The molecule has 2 N–H and O–H groups in total. The Hall–Kier alpha value is -0.870. The molecule has 0 radical (unpaired) electrons. The van der Waals surface area contributed by atoms with Gasteiger partial charge in [0.05, 0.1) is 6.33 Å². The van der Waals surface area contributed by atoms with E-state index in [1.165, 1.54) is 5.69 Å². The first-order chi connectivity index (χ1) is 6.75. The highest BCUT2D eigenvalue weighted by Gasteiger charge is 2.21. The maximum Gasteiger partial charge on any atom is 0.0921 e. The second-order valence-corrected chi connectivity index (χ2v) is 4.17. The van der Waals surface area contributed by atoms with Crippen LogP contribution in [0.4, 0.5) is 0 Å². The third-order valence-electron chi connectivity index (χ3n) is 2.98. The number of imidazole rings is 1. The molecule has 1 saturated heterocycles. The van der Waals surface area contributed by atoms with Gasteiger partial charge in [0.1, 0.15) is 0 Å². The van der Waals surface area contributed by atoms with Crippen LogP contribution >= 0.6 is 0 Å². The van der Waals surface area contributed by atoms with Crippen molar-refractivity contribution in [2.75, 3.05) is 20.1 Å². The molecule has 1 unspecified atom stereocenters. The molecule has 1 aromatic heterocycles. The van der Waals surface area contributed by atoms with Crippen molar-refractivity contribution in [3.8, 4) is 0 Å². The van der Waals surface area contributed by atoms with Crippen LogP contribution in [0.15, 0.2) is 12.5 Å². The van der Waals surface area contributed by atoms with Gasteiger partial charge in [-0.1, -0.05) is 0 Å². The van der Waals surface area contributed by atoms with Gasteiger partial charge in [-0.3, -0.25) is 0 Å². The quantitative estimate of drug-likeness (QED) is 0.709. The van der Waals surface area contributed by atoms with Crippen molar-refractivity contribution in [2.45, 2.75) is 25.4 Å². The second-order valence-electron chi connectivity index (χ2n) is 4.17. The SMILES string of the molecule is CC1CN[C@@H](Cc2cnc[nH]2)CN1C. The molecule has 1 aliphatic rings. The summed E-state index contributed by atoms with van der Waals surface area (Å²) >= 11 is 0. The average molecular weight is 194 g/mol. The lowest BCUT2D eigenvalue weighted by atomic mass is 10.1. The van der Waals surface area contributed by atoms with E-state index in [-0.39, 0.29) is 0 Å². The largest absolute Gasteiger partial charge is 0.348 e. The summed E-state index contributed by atoms with van der Waals surface area (Å²) in [5.41, 5.74) is 1.21. The van der Waals surface area contributed by atoms with E-state index in [9.17, 15) is 0 Å². The van der Waals surface area contributed by atoms with E-state index < -0.39 is 0 Å². The molecule has 0 spiro atoms.